The monoisotopic (exact) mass is 406 g/mol. The number of rotatable bonds is 7. The first-order valence-corrected chi connectivity index (χ1v) is 10.5. The van der Waals surface area contributed by atoms with E-state index in [4.69, 9.17) is 25.8 Å². The maximum atomic E-state index is 13.0. The topological polar surface area (TPSA) is 61.8 Å². The lowest BCUT2D eigenvalue weighted by Gasteiger charge is -2.55. The summed E-state index contributed by atoms with van der Waals surface area (Å²) in [5.74, 6) is 2.33. The van der Waals surface area contributed by atoms with Crippen LogP contribution in [0, 0.1) is 23.2 Å². The van der Waals surface area contributed by atoms with Crippen molar-refractivity contribution in [3.8, 4) is 11.5 Å². The van der Waals surface area contributed by atoms with E-state index in [1.54, 1.807) is 0 Å². The third kappa shape index (κ3) is 3.49. The smallest absolute Gasteiger partial charge is 0.338 e. The largest absolute Gasteiger partial charge is 0.493 e. The number of esters is 1. The Kier molecular flexibility index (Phi) is 5.30. The van der Waals surface area contributed by atoms with Crippen LogP contribution >= 0.6 is 11.6 Å². The van der Waals surface area contributed by atoms with Gasteiger partial charge < -0.3 is 14.2 Å². The van der Waals surface area contributed by atoms with E-state index in [0.29, 0.717) is 35.9 Å². The molecule has 0 aliphatic heterocycles. The molecule has 0 aromatic heterocycles. The maximum Gasteiger partial charge on any atom is 0.338 e. The molecule has 0 heterocycles. The summed E-state index contributed by atoms with van der Waals surface area (Å²) >= 11 is 6.23. The van der Waals surface area contributed by atoms with Crippen LogP contribution in [0.1, 0.15) is 55.8 Å². The fourth-order valence-electron chi connectivity index (χ4n) is 5.94. The van der Waals surface area contributed by atoms with Crippen LogP contribution in [0.2, 0.25) is 5.02 Å². The maximum absolute atomic E-state index is 13.0. The molecule has 6 heteroatoms. The summed E-state index contributed by atoms with van der Waals surface area (Å²) in [6, 6.07) is 3.03. The van der Waals surface area contributed by atoms with Crippen LogP contribution in [0.15, 0.2) is 12.1 Å². The number of hydrogen-bond donors (Lipinski definition) is 0. The predicted octanol–water partition coefficient (Wildman–Crippen LogP) is 4.69. The molecule has 4 saturated carbocycles. The van der Waals surface area contributed by atoms with Crippen molar-refractivity contribution in [2.75, 3.05) is 20.3 Å². The molecule has 4 fully saturated rings. The molecule has 1 aromatic rings. The Morgan fingerprint density at radius 3 is 2.25 bits per heavy atom. The molecular weight excluding hydrogens is 380 g/mol. The molecule has 0 unspecified atom stereocenters. The van der Waals surface area contributed by atoms with E-state index < -0.39 is 5.97 Å². The third-order valence-corrected chi connectivity index (χ3v) is 7.00. The summed E-state index contributed by atoms with van der Waals surface area (Å²) in [6.07, 6.45) is 6.73. The number of carbonyl (C=O) groups excluding carboxylic acids is 2. The van der Waals surface area contributed by atoms with E-state index in [0.717, 1.165) is 19.3 Å². The molecule has 0 spiro atoms. The Labute approximate surface area is 170 Å². The molecule has 5 nitrogen and oxygen atoms in total. The number of carbonyl (C=O) groups is 2. The van der Waals surface area contributed by atoms with Gasteiger partial charge in [-0.05, 0) is 75.3 Å². The number of Topliss-reactive ketones (excluding diaryl/α,β-unsaturated/α-hetero) is 1. The summed E-state index contributed by atoms with van der Waals surface area (Å²) in [4.78, 5) is 25.5. The fourth-order valence-corrected chi connectivity index (χ4v) is 6.21. The highest BCUT2D eigenvalue weighted by molar-refractivity contribution is 6.32. The molecule has 28 heavy (non-hydrogen) atoms. The van der Waals surface area contributed by atoms with Gasteiger partial charge in [-0.15, -0.1) is 0 Å². The number of halogens is 1. The van der Waals surface area contributed by atoms with E-state index in [1.165, 1.54) is 38.5 Å². The third-order valence-electron chi connectivity index (χ3n) is 6.72. The van der Waals surface area contributed by atoms with Crippen molar-refractivity contribution in [1.82, 2.24) is 0 Å². The second kappa shape index (κ2) is 7.58. The zero-order chi connectivity index (χ0) is 19.9. The van der Waals surface area contributed by atoms with Crippen LogP contribution in [0.3, 0.4) is 0 Å². The van der Waals surface area contributed by atoms with Gasteiger partial charge in [0.1, 0.15) is 0 Å². The molecule has 0 amide bonds. The van der Waals surface area contributed by atoms with Crippen molar-refractivity contribution in [2.24, 2.45) is 23.2 Å². The van der Waals surface area contributed by atoms with Gasteiger partial charge in [-0.25, -0.2) is 4.79 Å². The van der Waals surface area contributed by atoms with Crippen LogP contribution in [0.5, 0.6) is 11.5 Å². The zero-order valence-corrected chi connectivity index (χ0v) is 17.2. The van der Waals surface area contributed by atoms with E-state index in [-0.39, 0.29) is 28.4 Å². The minimum atomic E-state index is -0.568. The number of ketones is 1. The first kappa shape index (κ1) is 19.6. The molecule has 4 aliphatic carbocycles. The fraction of sp³-hybridized carbons (Fsp3) is 0.636. The van der Waals surface area contributed by atoms with Crippen LogP contribution in [-0.2, 0) is 9.53 Å². The minimum absolute atomic E-state index is 0.0870. The molecule has 5 rings (SSSR count). The molecule has 0 atom stereocenters. The average molecular weight is 407 g/mol. The lowest BCUT2D eigenvalue weighted by atomic mass is 9.48. The zero-order valence-electron chi connectivity index (χ0n) is 16.5. The summed E-state index contributed by atoms with van der Waals surface area (Å²) in [6.45, 7) is 2.10. The van der Waals surface area contributed by atoms with Gasteiger partial charge in [0.05, 0.1) is 24.3 Å². The van der Waals surface area contributed by atoms with Crippen molar-refractivity contribution in [3.63, 3.8) is 0 Å². The van der Waals surface area contributed by atoms with Crippen molar-refractivity contribution in [3.05, 3.63) is 22.7 Å². The Bertz CT molecular complexity index is 752. The van der Waals surface area contributed by atoms with Crippen molar-refractivity contribution in [1.29, 1.82) is 0 Å². The lowest BCUT2D eigenvalue weighted by Crippen LogP contribution is -2.51. The first-order chi connectivity index (χ1) is 13.4. The lowest BCUT2D eigenvalue weighted by molar-refractivity contribution is -0.147. The van der Waals surface area contributed by atoms with Crippen molar-refractivity contribution >= 4 is 23.4 Å². The summed E-state index contributed by atoms with van der Waals surface area (Å²) in [5, 5.41) is 0.278. The standard InChI is InChI=1S/C22H27ClO5/c1-3-27-20-17(23)7-16(8-18(20)26-2)21(25)28-12-19(24)22-9-13-4-14(10-22)6-15(5-13)11-22/h7-8,13-15H,3-6,9-12H2,1-2H3. The summed E-state index contributed by atoms with van der Waals surface area (Å²) in [5.41, 5.74) is -0.00738. The molecule has 1 aromatic carbocycles. The molecule has 0 radical (unpaired) electrons. The minimum Gasteiger partial charge on any atom is -0.493 e. The molecule has 4 bridgehead atoms. The summed E-state index contributed by atoms with van der Waals surface area (Å²) < 4.78 is 16.1. The van der Waals surface area contributed by atoms with E-state index in [2.05, 4.69) is 0 Å². The number of hydrogen-bond acceptors (Lipinski definition) is 5. The Morgan fingerprint density at radius 1 is 1.11 bits per heavy atom. The van der Waals surface area contributed by atoms with Crippen molar-refractivity contribution in [2.45, 2.75) is 45.4 Å². The SMILES string of the molecule is CCOc1c(Cl)cc(C(=O)OCC(=O)C23CC4CC(CC(C4)C2)C3)cc1OC. The van der Waals surface area contributed by atoms with E-state index in [9.17, 15) is 9.59 Å². The van der Waals surface area contributed by atoms with Gasteiger partial charge in [0, 0.05) is 5.41 Å². The Hall–Kier alpha value is -1.75. The van der Waals surface area contributed by atoms with Gasteiger partial charge in [-0.3, -0.25) is 4.79 Å². The van der Waals surface area contributed by atoms with Crippen LogP contribution in [-0.4, -0.2) is 32.1 Å². The molecule has 0 N–H and O–H groups in total. The second-order valence-electron chi connectivity index (χ2n) is 8.62. The van der Waals surface area contributed by atoms with E-state index >= 15 is 0 Å². The molecule has 152 valence electrons. The normalized spacial score (nSPS) is 30.2. The van der Waals surface area contributed by atoms with Gasteiger partial charge in [0.15, 0.2) is 23.9 Å². The molecule has 0 saturated heterocycles. The van der Waals surface area contributed by atoms with Gasteiger partial charge >= 0.3 is 5.97 Å². The van der Waals surface area contributed by atoms with Crippen molar-refractivity contribution < 1.29 is 23.8 Å². The number of benzene rings is 1. The van der Waals surface area contributed by atoms with Crippen LogP contribution < -0.4 is 9.47 Å². The highest BCUT2D eigenvalue weighted by Gasteiger charge is 2.54. The predicted molar refractivity (Wildman–Crippen MR) is 105 cm³/mol. The number of methoxy groups -OCH3 is 1. The van der Waals surface area contributed by atoms with Gasteiger partial charge in [0.2, 0.25) is 0 Å². The quantitative estimate of drug-likeness (QED) is 0.615. The molecule has 4 aliphatic rings. The molecular formula is C22H27ClO5. The van der Waals surface area contributed by atoms with Crippen LogP contribution in [0.25, 0.3) is 0 Å². The highest BCUT2D eigenvalue weighted by atomic mass is 35.5. The number of ether oxygens (including phenoxy) is 3. The first-order valence-electron chi connectivity index (χ1n) is 10.1. The van der Waals surface area contributed by atoms with E-state index in [1.807, 2.05) is 6.92 Å². The Balaban J connectivity index is 1.43. The highest BCUT2D eigenvalue weighted by Crippen LogP contribution is 2.60. The van der Waals surface area contributed by atoms with Gasteiger partial charge in [-0.1, -0.05) is 11.6 Å². The average Bonchev–Trinajstić information content (AvgIpc) is 2.66. The van der Waals surface area contributed by atoms with Gasteiger partial charge in [-0.2, -0.15) is 0 Å². The van der Waals surface area contributed by atoms with Gasteiger partial charge in [0.25, 0.3) is 0 Å². The Morgan fingerprint density at radius 2 is 1.71 bits per heavy atom. The second-order valence-corrected chi connectivity index (χ2v) is 9.03. The van der Waals surface area contributed by atoms with Crippen LogP contribution in [0.4, 0.5) is 0 Å². The summed E-state index contributed by atoms with van der Waals surface area (Å²) in [7, 11) is 1.49.